The van der Waals surface area contributed by atoms with E-state index < -0.39 is 17.7 Å². The molecule has 1 aromatic carbocycles. The van der Waals surface area contributed by atoms with Crippen LogP contribution in [-0.4, -0.2) is 37.2 Å². The molecule has 1 aromatic heterocycles. The molecule has 0 fully saturated rings. The quantitative estimate of drug-likeness (QED) is 0.352. The number of phenols is 1. The van der Waals surface area contributed by atoms with Gasteiger partial charge in [0.1, 0.15) is 17.7 Å². The molecule has 134 valence electrons. The lowest BCUT2D eigenvalue weighted by atomic mass is 10.0. The molecule has 8 heteroatoms. The number of aliphatic hydroxyl groups is 3. The Bertz CT molecular complexity index is 956. The maximum absolute atomic E-state index is 12.0. The van der Waals surface area contributed by atoms with Crippen LogP contribution in [0.15, 0.2) is 64.5 Å². The fourth-order valence-electron chi connectivity index (χ4n) is 2.48. The van der Waals surface area contributed by atoms with E-state index in [1.54, 1.807) is 12.1 Å². The van der Waals surface area contributed by atoms with Gasteiger partial charge in [0.25, 0.3) is 5.56 Å². The molecule has 0 bridgehead atoms. The summed E-state index contributed by atoms with van der Waals surface area (Å²) in [5, 5.41) is 47.7. The van der Waals surface area contributed by atoms with Crippen molar-refractivity contribution in [1.29, 1.82) is 0 Å². The maximum Gasteiger partial charge on any atom is 0.271 e. The average Bonchev–Trinajstić information content (AvgIpc) is 2.62. The van der Waals surface area contributed by atoms with Crippen LogP contribution in [0.3, 0.4) is 0 Å². The predicted molar refractivity (Wildman–Crippen MR) is 93.3 cm³/mol. The summed E-state index contributed by atoms with van der Waals surface area (Å²) in [5.74, 6) is -0.635. The Morgan fingerprint density at radius 3 is 2.65 bits per heavy atom. The van der Waals surface area contributed by atoms with Gasteiger partial charge >= 0.3 is 0 Å². The Morgan fingerprint density at radius 1 is 1.23 bits per heavy atom. The van der Waals surface area contributed by atoms with Gasteiger partial charge in [0.05, 0.1) is 17.2 Å². The highest BCUT2D eigenvalue weighted by molar-refractivity contribution is 5.60. The van der Waals surface area contributed by atoms with E-state index in [1.807, 2.05) is 0 Å². The van der Waals surface area contributed by atoms with Gasteiger partial charge in [0.15, 0.2) is 5.76 Å². The van der Waals surface area contributed by atoms with Crippen LogP contribution in [0.5, 0.6) is 5.75 Å². The molecular weight excluding hydrogens is 338 g/mol. The number of aliphatic hydroxyl groups excluding tert-OH is 3. The predicted octanol–water partition coefficient (Wildman–Crippen LogP) is 1.39. The van der Waals surface area contributed by atoms with E-state index in [1.165, 1.54) is 30.4 Å². The number of nitrogens with zero attached hydrogens (tertiary/aromatic N) is 1. The van der Waals surface area contributed by atoms with Crippen molar-refractivity contribution < 1.29 is 20.4 Å². The molecule has 0 spiro atoms. The smallest absolute Gasteiger partial charge is 0.271 e. The SMILES string of the molecule is O=c1[nH]nc(-c2ccc(O)cc2)cc1C(O)NCC1C=C=C(O)C=C1O. The first-order valence-corrected chi connectivity index (χ1v) is 7.81. The van der Waals surface area contributed by atoms with Gasteiger partial charge in [0.2, 0.25) is 0 Å². The molecule has 3 rings (SSSR count). The first-order valence-electron chi connectivity index (χ1n) is 7.81. The monoisotopic (exact) mass is 355 g/mol. The summed E-state index contributed by atoms with van der Waals surface area (Å²) >= 11 is 0. The number of aromatic nitrogens is 2. The second-order valence-corrected chi connectivity index (χ2v) is 5.77. The van der Waals surface area contributed by atoms with Gasteiger partial charge in [-0.1, -0.05) is 5.73 Å². The topological polar surface area (TPSA) is 139 Å². The molecule has 8 nitrogen and oxygen atoms in total. The van der Waals surface area contributed by atoms with Crippen LogP contribution in [-0.2, 0) is 0 Å². The van der Waals surface area contributed by atoms with Gasteiger partial charge < -0.3 is 20.4 Å². The number of benzene rings is 1. The van der Waals surface area contributed by atoms with Crippen LogP contribution in [0.1, 0.15) is 11.8 Å². The normalized spacial score (nSPS) is 17.5. The molecule has 2 aromatic rings. The highest BCUT2D eigenvalue weighted by Crippen LogP contribution is 2.21. The van der Waals surface area contributed by atoms with Crippen molar-refractivity contribution in [2.75, 3.05) is 6.54 Å². The number of hydrogen-bond acceptors (Lipinski definition) is 7. The van der Waals surface area contributed by atoms with Gasteiger partial charge in [-0.05, 0) is 36.4 Å². The van der Waals surface area contributed by atoms with Crippen LogP contribution in [0.4, 0.5) is 0 Å². The van der Waals surface area contributed by atoms with E-state index in [2.05, 4.69) is 21.2 Å². The molecular formula is C18H17N3O5. The summed E-state index contributed by atoms with van der Waals surface area (Å²) < 4.78 is 0. The van der Waals surface area contributed by atoms with E-state index >= 15 is 0 Å². The summed E-state index contributed by atoms with van der Waals surface area (Å²) in [7, 11) is 0. The number of rotatable bonds is 5. The fraction of sp³-hybridized carbons (Fsp3) is 0.167. The lowest BCUT2D eigenvalue weighted by Gasteiger charge is -2.18. The maximum atomic E-state index is 12.0. The van der Waals surface area contributed by atoms with Crippen molar-refractivity contribution in [3.63, 3.8) is 0 Å². The van der Waals surface area contributed by atoms with Gasteiger partial charge in [-0.15, -0.1) is 0 Å². The van der Waals surface area contributed by atoms with Crippen LogP contribution >= 0.6 is 0 Å². The molecule has 0 saturated heterocycles. The van der Waals surface area contributed by atoms with Crippen molar-refractivity contribution in [2.45, 2.75) is 6.23 Å². The van der Waals surface area contributed by atoms with Crippen molar-refractivity contribution in [3.05, 3.63) is 75.7 Å². The molecule has 0 radical (unpaired) electrons. The summed E-state index contributed by atoms with van der Waals surface area (Å²) in [6, 6.07) is 7.69. The minimum atomic E-state index is -1.29. The summed E-state index contributed by atoms with van der Waals surface area (Å²) in [6.07, 6.45) is 1.34. The van der Waals surface area contributed by atoms with E-state index in [0.717, 1.165) is 0 Å². The molecule has 1 heterocycles. The number of phenolic OH excluding ortho intramolecular Hbond substituents is 1. The molecule has 0 amide bonds. The third-order valence-electron chi connectivity index (χ3n) is 3.92. The van der Waals surface area contributed by atoms with Crippen LogP contribution in [0, 0.1) is 5.92 Å². The second kappa shape index (κ2) is 7.28. The Morgan fingerprint density at radius 2 is 1.96 bits per heavy atom. The zero-order chi connectivity index (χ0) is 18.7. The minimum absolute atomic E-state index is 0.0599. The Kier molecular flexibility index (Phi) is 4.90. The third-order valence-corrected chi connectivity index (χ3v) is 3.92. The first kappa shape index (κ1) is 17.5. The van der Waals surface area contributed by atoms with E-state index in [0.29, 0.717) is 11.3 Å². The molecule has 0 aliphatic heterocycles. The second-order valence-electron chi connectivity index (χ2n) is 5.77. The Labute approximate surface area is 148 Å². The molecule has 2 atom stereocenters. The molecule has 6 N–H and O–H groups in total. The molecule has 26 heavy (non-hydrogen) atoms. The number of aromatic hydroxyl groups is 1. The highest BCUT2D eigenvalue weighted by atomic mass is 16.3. The number of nitrogens with one attached hydrogen (secondary N) is 2. The summed E-state index contributed by atoms with van der Waals surface area (Å²) in [5.41, 5.74) is 3.15. The van der Waals surface area contributed by atoms with Crippen molar-refractivity contribution >= 4 is 0 Å². The van der Waals surface area contributed by atoms with E-state index in [9.17, 15) is 25.2 Å². The Balaban J connectivity index is 1.77. The zero-order valence-electron chi connectivity index (χ0n) is 13.5. The fourth-order valence-corrected chi connectivity index (χ4v) is 2.48. The molecule has 0 saturated carbocycles. The van der Waals surface area contributed by atoms with E-state index in [4.69, 9.17) is 0 Å². The Hall–Kier alpha value is -3.32. The molecule has 1 aliphatic rings. The number of aromatic amines is 1. The standard InChI is InChI=1S/C18H17N3O5/c22-12-4-1-10(2-5-12)15-8-14(18(26)21-20-15)17(25)19-9-11-3-6-13(23)7-16(11)24/h1-5,7-8,11,17,19,22-25H,9H2,(H,21,26). The van der Waals surface area contributed by atoms with Gasteiger partial charge in [-0.25, -0.2) is 5.10 Å². The molecule has 1 aliphatic carbocycles. The minimum Gasteiger partial charge on any atom is -0.511 e. The zero-order valence-corrected chi connectivity index (χ0v) is 13.5. The van der Waals surface area contributed by atoms with Crippen molar-refractivity contribution in [3.8, 4) is 17.0 Å². The highest BCUT2D eigenvalue weighted by Gasteiger charge is 2.18. The van der Waals surface area contributed by atoms with Crippen LogP contribution in [0.25, 0.3) is 11.3 Å². The van der Waals surface area contributed by atoms with Gasteiger partial charge in [-0.3, -0.25) is 10.1 Å². The van der Waals surface area contributed by atoms with Gasteiger partial charge in [-0.2, -0.15) is 5.10 Å². The van der Waals surface area contributed by atoms with Crippen molar-refractivity contribution in [1.82, 2.24) is 15.5 Å². The number of hydrogen-bond donors (Lipinski definition) is 6. The first-order chi connectivity index (χ1) is 12.4. The van der Waals surface area contributed by atoms with Gasteiger partial charge in [0, 0.05) is 18.2 Å². The van der Waals surface area contributed by atoms with E-state index in [-0.39, 0.29) is 29.4 Å². The summed E-state index contributed by atoms with van der Waals surface area (Å²) in [6.45, 7) is 0.125. The van der Waals surface area contributed by atoms with Crippen molar-refractivity contribution in [2.24, 2.45) is 5.92 Å². The van der Waals surface area contributed by atoms with Crippen LogP contribution < -0.4 is 10.9 Å². The largest absolute Gasteiger partial charge is 0.511 e. The number of H-pyrrole nitrogens is 1. The van der Waals surface area contributed by atoms with Crippen LogP contribution in [0.2, 0.25) is 0 Å². The average molecular weight is 355 g/mol. The molecule has 2 unspecified atom stereocenters. The lowest BCUT2D eigenvalue weighted by Crippen LogP contribution is -2.31. The third kappa shape index (κ3) is 3.84. The summed E-state index contributed by atoms with van der Waals surface area (Å²) in [4.78, 5) is 12.0. The lowest BCUT2D eigenvalue weighted by molar-refractivity contribution is 0.132.